The molecule has 1 aromatic heterocycles. The van der Waals surface area contributed by atoms with Crippen molar-refractivity contribution in [2.45, 2.75) is 31.1 Å². The first-order chi connectivity index (χ1) is 5.42. The van der Waals surface area contributed by atoms with Gasteiger partial charge in [-0.15, -0.1) is 12.4 Å². The SMILES string of the molecule is Cl.c1coc(C23CCCC2C3)n1. The molecule has 2 unspecified atom stereocenters. The first-order valence-corrected chi connectivity index (χ1v) is 4.32. The van der Waals surface area contributed by atoms with Crippen LogP contribution in [0.3, 0.4) is 0 Å². The molecular weight excluding hydrogens is 174 g/mol. The summed E-state index contributed by atoms with van der Waals surface area (Å²) in [7, 11) is 0. The smallest absolute Gasteiger partial charge is 0.200 e. The van der Waals surface area contributed by atoms with Crippen LogP contribution in [-0.2, 0) is 5.41 Å². The van der Waals surface area contributed by atoms with Crippen molar-refractivity contribution < 1.29 is 4.42 Å². The quantitative estimate of drug-likeness (QED) is 0.672. The Hall–Kier alpha value is -0.500. The molecule has 0 N–H and O–H groups in total. The van der Waals surface area contributed by atoms with Gasteiger partial charge in [-0.2, -0.15) is 0 Å². The van der Waals surface area contributed by atoms with Gasteiger partial charge >= 0.3 is 0 Å². The third-order valence-corrected chi connectivity index (χ3v) is 3.27. The van der Waals surface area contributed by atoms with E-state index in [9.17, 15) is 0 Å². The fourth-order valence-corrected chi connectivity index (χ4v) is 2.57. The molecule has 12 heavy (non-hydrogen) atoms. The molecule has 0 aromatic carbocycles. The summed E-state index contributed by atoms with van der Waals surface area (Å²) >= 11 is 0. The third-order valence-electron chi connectivity index (χ3n) is 3.27. The van der Waals surface area contributed by atoms with Crippen LogP contribution < -0.4 is 0 Å². The maximum absolute atomic E-state index is 5.35. The predicted molar refractivity (Wildman–Crippen MR) is 47.4 cm³/mol. The minimum absolute atomic E-state index is 0. The fraction of sp³-hybridized carbons (Fsp3) is 0.667. The molecule has 0 radical (unpaired) electrons. The first kappa shape index (κ1) is 8.11. The summed E-state index contributed by atoms with van der Waals surface area (Å²) in [5.41, 5.74) is 0.406. The zero-order valence-electron chi connectivity index (χ0n) is 6.82. The summed E-state index contributed by atoms with van der Waals surface area (Å²) < 4.78 is 5.35. The Morgan fingerprint density at radius 1 is 1.58 bits per heavy atom. The van der Waals surface area contributed by atoms with Crippen molar-refractivity contribution in [3.8, 4) is 0 Å². The second-order valence-electron chi connectivity index (χ2n) is 3.79. The van der Waals surface area contributed by atoms with Gasteiger partial charge in [0.05, 0.1) is 11.6 Å². The van der Waals surface area contributed by atoms with Crippen LogP contribution in [0.1, 0.15) is 31.6 Å². The maximum Gasteiger partial charge on any atom is 0.200 e. The van der Waals surface area contributed by atoms with Crippen molar-refractivity contribution >= 4 is 12.4 Å². The van der Waals surface area contributed by atoms with Crippen LogP contribution in [0.25, 0.3) is 0 Å². The molecule has 1 aromatic rings. The lowest BCUT2D eigenvalue weighted by Gasteiger charge is -2.04. The Morgan fingerprint density at radius 3 is 3.00 bits per heavy atom. The van der Waals surface area contributed by atoms with Crippen LogP contribution in [0, 0.1) is 5.92 Å². The van der Waals surface area contributed by atoms with E-state index >= 15 is 0 Å². The van der Waals surface area contributed by atoms with Crippen LogP contribution in [0.5, 0.6) is 0 Å². The highest BCUT2D eigenvalue weighted by atomic mass is 35.5. The molecule has 1 heterocycles. The van der Waals surface area contributed by atoms with E-state index in [0.717, 1.165) is 11.8 Å². The van der Waals surface area contributed by atoms with Gasteiger partial charge in [-0.1, -0.05) is 6.42 Å². The predicted octanol–water partition coefficient (Wildman–Crippen LogP) is 2.54. The van der Waals surface area contributed by atoms with E-state index in [4.69, 9.17) is 4.42 Å². The Bertz CT molecular complexity index is 272. The zero-order valence-corrected chi connectivity index (χ0v) is 7.64. The van der Waals surface area contributed by atoms with Crippen molar-refractivity contribution in [2.75, 3.05) is 0 Å². The second kappa shape index (κ2) is 2.49. The topological polar surface area (TPSA) is 26.0 Å². The van der Waals surface area contributed by atoms with Gasteiger partial charge in [0.1, 0.15) is 6.26 Å². The lowest BCUT2D eigenvalue weighted by atomic mass is 10.0. The molecule has 0 bridgehead atoms. The number of nitrogens with zero attached hydrogens (tertiary/aromatic N) is 1. The minimum atomic E-state index is 0. The van der Waals surface area contributed by atoms with Crippen molar-refractivity contribution in [3.05, 3.63) is 18.4 Å². The average Bonchev–Trinajstić information content (AvgIpc) is 2.56. The molecular formula is C9H12ClNO. The molecule has 3 heteroatoms. The molecule has 0 spiro atoms. The Morgan fingerprint density at radius 2 is 2.50 bits per heavy atom. The van der Waals surface area contributed by atoms with E-state index in [1.165, 1.54) is 25.7 Å². The monoisotopic (exact) mass is 185 g/mol. The molecule has 66 valence electrons. The number of hydrogen-bond donors (Lipinski definition) is 0. The number of hydrogen-bond acceptors (Lipinski definition) is 2. The van der Waals surface area contributed by atoms with Gasteiger partial charge in [0.15, 0.2) is 5.89 Å². The van der Waals surface area contributed by atoms with Crippen molar-refractivity contribution in [2.24, 2.45) is 5.92 Å². The van der Waals surface area contributed by atoms with Crippen LogP contribution in [0.15, 0.2) is 16.9 Å². The van der Waals surface area contributed by atoms with E-state index in [2.05, 4.69) is 4.98 Å². The van der Waals surface area contributed by atoms with E-state index in [0.29, 0.717) is 5.41 Å². The first-order valence-electron chi connectivity index (χ1n) is 4.32. The highest BCUT2D eigenvalue weighted by molar-refractivity contribution is 5.85. The standard InChI is InChI=1S/C9H11NO.ClH/c1-2-7-6-9(7,3-1)8-10-4-5-11-8;/h4-5,7H,1-3,6H2;1H. The average molecular weight is 186 g/mol. The summed E-state index contributed by atoms with van der Waals surface area (Å²) in [6.45, 7) is 0. The maximum atomic E-state index is 5.35. The molecule has 2 atom stereocenters. The number of fused-ring (bicyclic) bond motifs is 1. The van der Waals surface area contributed by atoms with Gasteiger partial charge in [0.25, 0.3) is 0 Å². The number of oxazole rings is 1. The summed E-state index contributed by atoms with van der Waals surface area (Å²) in [6.07, 6.45) is 8.84. The van der Waals surface area contributed by atoms with Crippen LogP contribution in [-0.4, -0.2) is 4.98 Å². The third kappa shape index (κ3) is 0.845. The largest absolute Gasteiger partial charge is 0.448 e. The van der Waals surface area contributed by atoms with Crippen molar-refractivity contribution in [3.63, 3.8) is 0 Å². The molecule has 2 saturated carbocycles. The Labute approximate surface area is 77.8 Å². The molecule has 0 aliphatic heterocycles. The number of rotatable bonds is 1. The zero-order chi connectivity index (χ0) is 7.31. The van der Waals surface area contributed by atoms with Crippen LogP contribution in [0.4, 0.5) is 0 Å². The van der Waals surface area contributed by atoms with E-state index < -0.39 is 0 Å². The molecule has 0 amide bonds. The van der Waals surface area contributed by atoms with Gasteiger partial charge in [-0.25, -0.2) is 4.98 Å². The van der Waals surface area contributed by atoms with Gasteiger partial charge in [-0.05, 0) is 25.2 Å². The molecule has 2 aliphatic rings. The normalized spacial score (nSPS) is 37.2. The Balaban J connectivity index is 0.000000563. The van der Waals surface area contributed by atoms with Crippen LogP contribution in [0.2, 0.25) is 0 Å². The molecule has 0 saturated heterocycles. The van der Waals surface area contributed by atoms with Gasteiger partial charge in [0.2, 0.25) is 0 Å². The number of aromatic nitrogens is 1. The van der Waals surface area contributed by atoms with Crippen LogP contribution >= 0.6 is 12.4 Å². The van der Waals surface area contributed by atoms with E-state index in [-0.39, 0.29) is 12.4 Å². The van der Waals surface area contributed by atoms with Crippen molar-refractivity contribution in [1.82, 2.24) is 4.98 Å². The van der Waals surface area contributed by atoms with Crippen molar-refractivity contribution in [1.29, 1.82) is 0 Å². The molecule has 2 nitrogen and oxygen atoms in total. The number of halogens is 1. The highest BCUT2D eigenvalue weighted by Crippen LogP contribution is 2.63. The molecule has 2 aliphatic carbocycles. The minimum Gasteiger partial charge on any atom is -0.448 e. The van der Waals surface area contributed by atoms with E-state index in [1.807, 2.05) is 0 Å². The second-order valence-corrected chi connectivity index (χ2v) is 3.79. The van der Waals surface area contributed by atoms with Gasteiger partial charge in [0, 0.05) is 0 Å². The Kier molecular flexibility index (Phi) is 1.69. The molecule has 3 rings (SSSR count). The lowest BCUT2D eigenvalue weighted by molar-refractivity contribution is 0.425. The van der Waals surface area contributed by atoms with E-state index in [1.54, 1.807) is 12.5 Å². The fourth-order valence-electron chi connectivity index (χ4n) is 2.57. The lowest BCUT2D eigenvalue weighted by Crippen LogP contribution is -2.04. The van der Waals surface area contributed by atoms with Gasteiger partial charge < -0.3 is 4.42 Å². The summed E-state index contributed by atoms with van der Waals surface area (Å²) in [6, 6.07) is 0. The summed E-state index contributed by atoms with van der Waals surface area (Å²) in [4.78, 5) is 4.24. The summed E-state index contributed by atoms with van der Waals surface area (Å²) in [5, 5.41) is 0. The molecule has 2 fully saturated rings. The highest BCUT2D eigenvalue weighted by Gasteiger charge is 2.60. The summed E-state index contributed by atoms with van der Waals surface area (Å²) in [5.74, 6) is 1.90. The van der Waals surface area contributed by atoms with Gasteiger partial charge in [-0.3, -0.25) is 0 Å².